The number of benzene rings is 2. The Balaban J connectivity index is 2.28. The van der Waals surface area contributed by atoms with Crippen molar-refractivity contribution in [1.82, 2.24) is 0 Å². The number of hydrogen-bond donors (Lipinski definition) is 0. The van der Waals surface area contributed by atoms with Crippen LogP contribution in [0.4, 0.5) is 5.69 Å². The molecule has 0 aliphatic heterocycles. The average molecular weight is 366 g/mol. The van der Waals surface area contributed by atoms with Crippen molar-refractivity contribution in [3.63, 3.8) is 0 Å². The molecule has 0 heterocycles. The smallest absolute Gasteiger partial charge is 0.276 e. The molecule has 0 radical (unpaired) electrons. The van der Waals surface area contributed by atoms with E-state index in [1.165, 1.54) is 20.3 Å². The molecule has 0 atom stereocenters. The molecule has 0 amide bonds. The van der Waals surface area contributed by atoms with Crippen LogP contribution < -0.4 is 9.47 Å². The topological polar surface area (TPSA) is 61.6 Å². The lowest BCUT2D eigenvalue weighted by Gasteiger charge is -2.10. The molecular weight excluding hydrogens is 350 g/mol. The molecule has 6 heteroatoms. The Morgan fingerprint density at radius 2 is 1.64 bits per heavy atom. The number of nitrogens with zero attached hydrogens (tertiary/aromatic N) is 1. The maximum absolute atomic E-state index is 11.2. The summed E-state index contributed by atoms with van der Waals surface area (Å²) >= 11 is 3.39. The normalized spacial score (nSPS) is 10.3. The molecular formula is C16H16BrNO4. The van der Waals surface area contributed by atoms with Gasteiger partial charge in [-0.1, -0.05) is 28.1 Å². The van der Waals surface area contributed by atoms with Gasteiger partial charge in [-0.05, 0) is 36.6 Å². The largest absolute Gasteiger partial charge is 0.493 e. The Kier molecular flexibility index (Phi) is 5.38. The SMILES string of the molecule is COc1cc(CCc2ccc(Br)cc2)c([N+](=O)[O-])cc1OC. The van der Waals surface area contributed by atoms with Gasteiger partial charge in [-0.2, -0.15) is 0 Å². The van der Waals surface area contributed by atoms with Crippen molar-refractivity contribution >= 4 is 21.6 Å². The van der Waals surface area contributed by atoms with Gasteiger partial charge >= 0.3 is 0 Å². The van der Waals surface area contributed by atoms with E-state index in [0.717, 1.165) is 10.0 Å². The summed E-state index contributed by atoms with van der Waals surface area (Å²) in [5.41, 5.74) is 1.80. The molecule has 2 aromatic carbocycles. The van der Waals surface area contributed by atoms with E-state index in [2.05, 4.69) is 15.9 Å². The van der Waals surface area contributed by atoms with Crippen LogP contribution in [-0.4, -0.2) is 19.1 Å². The third-order valence-electron chi connectivity index (χ3n) is 3.38. The molecule has 0 bridgehead atoms. The number of nitro groups is 1. The zero-order valence-corrected chi connectivity index (χ0v) is 13.9. The van der Waals surface area contributed by atoms with Crippen LogP contribution in [0, 0.1) is 10.1 Å². The van der Waals surface area contributed by atoms with Gasteiger partial charge in [0.15, 0.2) is 11.5 Å². The van der Waals surface area contributed by atoms with Crippen LogP contribution >= 0.6 is 15.9 Å². The molecule has 0 fully saturated rings. The third-order valence-corrected chi connectivity index (χ3v) is 3.91. The molecule has 0 aliphatic carbocycles. The van der Waals surface area contributed by atoms with E-state index in [9.17, 15) is 10.1 Å². The Hall–Kier alpha value is -2.08. The predicted molar refractivity (Wildman–Crippen MR) is 87.8 cm³/mol. The van der Waals surface area contributed by atoms with Gasteiger partial charge in [-0.25, -0.2) is 0 Å². The number of halogens is 1. The van der Waals surface area contributed by atoms with Crippen molar-refractivity contribution in [3.05, 3.63) is 62.1 Å². The zero-order valence-electron chi connectivity index (χ0n) is 12.3. The summed E-state index contributed by atoms with van der Waals surface area (Å²) < 4.78 is 11.4. The van der Waals surface area contributed by atoms with E-state index < -0.39 is 4.92 Å². The molecule has 0 N–H and O–H groups in total. The fourth-order valence-electron chi connectivity index (χ4n) is 2.21. The maximum Gasteiger partial charge on any atom is 0.276 e. The molecule has 116 valence electrons. The van der Waals surface area contributed by atoms with Gasteiger partial charge in [0, 0.05) is 10.0 Å². The Labute approximate surface area is 137 Å². The quantitative estimate of drug-likeness (QED) is 0.569. The lowest BCUT2D eigenvalue weighted by molar-refractivity contribution is -0.385. The molecule has 0 spiro atoms. The van der Waals surface area contributed by atoms with Gasteiger partial charge in [-0.3, -0.25) is 10.1 Å². The lowest BCUT2D eigenvalue weighted by Crippen LogP contribution is -2.01. The molecule has 2 aromatic rings. The van der Waals surface area contributed by atoms with Crippen LogP contribution in [0.2, 0.25) is 0 Å². The summed E-state index contributed by atoms with van der Waals surface area (Å²) in [7, 11) is 2.98. The average Bonchev–Trinajstić information content (AvgIpc) is 2.53. The van der Waals surface area contributed by atoms with E-state index in [0.29, 0.717) is 29.9 Å². The maximum atomic E-state index is 11.2. The number of nitro benzene ring substituents is 1. The van der Waals surface area contributed by atoms with E-state index in [1.807, 2.05) is 24.3 Å². The van der Waals surface area contributed by atoms with Gasteiger partial charge < -0.3 is 9.47 Å². The second kappa shape index (κ2) is 7.26. The monoisotopic (exact) mass is 365 g/mol. The summed E-state index contributed by atoms with van der Waals surface area (Å²) in [5, 5.41) is 11.2. The Morgan fingerprint density at radius 1 is 1.05 bits per heavy atom. The number of methoxy groups -OCH3 is 2. The van der Waals surface area contributed by atoms with Crippen LogP contribution in [-0.2, 0) is 12.8 Å². The zero-order chi connectivity index (χ0) is 16.1. The van der Waals surface area contributed by atoms with Crippen molar-refractivity contribution in [2.75, 3.05) is 14.2 Å². The van der Waals surface area contributed by atoms with Crippen LogP contribution in [0.3, 0.4) is 0 Å². The second-order valence-corrected chi connectivity index (χ2v) is 5.64. The number of aryl methyl sites for hydroxylation is 2. The molecule has 0 saturated carbocycles. The number of ether oxygens (including phenoxy) is 2. The minimum atomic E-state index is -0.390. The minimum absolute atomic E-state index is 0.0507. The first kappa shape index (κ1) is 16.3. The number of rotatable bonds is 6. The van der Waals surface area contributed by atoms with Gasteiger partial charge in [0.2, 0.25) is 0 Å². The number of hydrogen-bond acceptors (Lipinski definition) is 4. The van der Waals surface area contributed by atoms with E-state index in [-0.39, 0.29) is 5.69 Å². The summed E-state index contributed by atoms with van der Waals surface area (Å²) in [6, 6.07) is 11.0. The first-order valence-electron chi connectivity index (χ1n) is 6.69. The summed E-state index contributed by atoms with van der Waals surface area (Å²) in [4.78, 5) is 10.9. The fourth-order valence-corrected chi connectivity index (χ4v) is 2.47. The lowest BCUT2D eigenvalue weighted by atomic mass is 10.0. The van der Waals surface area contributed by atoms with Gasteiger partial charge in [0.25, 0.3) is 5.69 Å². The van der Waals surface area contributed by atoms with Crippen molar-refractivity contribution in [2.45, 2.75) is 12.8 Å². The van der Waals surface area contributed by atoms with Gasteiger partial charge in [0.05, 0.1) is 25.2 Å². The van der Waals surface area contributed by atoms with Crippen LogP contribution in [0.5, 0.6) is 11.5 Å². The highest BCUT2D eigenvalue weighted by molar-refractivity contribution is 9.10. The predicted octanol–water partition coefficient (Wildman–Crippen LogP) is 4.16. The Morgan fingerprint density at radius 3 is 2.18 bits per heavy atom. The second-order valence-electron chi connectivity index (χ2n) is 4.72. The molecule has 0 aromatic heterocycles. The molecule has 0 unspecified atom stereocenters. The summed E-state index contributed by atoms with van der Waals surface area (Å²) in [6.45, 7) is 0. The summed E-state index contributed by atoms with van der Waals surface area (Å²) in [5.74, 6) is 0.862. The van der Waals surface area contributed by atoms with E-state index in [4.69, 9.17) is 9.47 Å². The van der Waals surface area contributed by atoms with Crippen molar-refractivity contribution in [2.24, 2.45) is 0 Å². The first-order valence-corrected chi connectivity index (χ1v) is 7.48. The molecule has 22 heavy (non-hydrogen) atoms. The molecule has 2 rings (SSSR count). The van der Waals surface area contributed by atoms with Crippen LogP contribution in [0.15, 0.2) is 40.9 Å². The van der Waals surface area contributed by atoms with Gasteiger partial charge in [-0.15, -0.1) is 0 Å². The van der Waals surface area contributed by atoms with E-state index >= 15 is 0 Å². The summed E-state index contributed by atoms with van der Waals surface area (Å²) in [6.07, 6.45) is 1.27. The highest BCUT2D eigenvalue weighted by Gasteiger charge is 2.19. The van der Waals surface area contributed by atoms with E-state index in [1.54, 1.807) is 6.07 Å². The first-order chi connectivity index (χ1) is 10.5. The van der Waals surface area contributed by atoms with Crippen LogP contribution in [0.25, 0.3) is 0 Å². The third kappa shape index (κ3) is 3.76. The highest BCUT2D eigenvalue weighted by atomic mass is 79.9. The fraction of sp³-hybridized carbons (Fsp3) is 0.250. The Bertz CT molecular complexity index is 671. The minimum Gasteiger partial charge on any atom is -0.493 e. The van der Waals surface area contributed by atoms with Gasteiger partial charge in [0.1, 0.15) is 0 Å². The molecule has 0 saturated heterocycles. The van der Waals surface area contributed by atoms with Crippen molar-refractivity contribution in [1.29, 1.82) is 0 Å². The van der Waals surface area contributed by atoms with Crippen molar-refractivity contribution in [3.8, 4) is 11.5 Å². The van der Waals surface area contributed by atoms with Crippen LogP contribution in [0.1, 0.15) is 11.1 Å². The standard InChI is InChI=1S/C16H16BrNO4/c1-21-15-9-12(14(18(19)20)10-16(15)22-2)6-3-11-4-7-13(17)8-5-11/h4-5,7-10H,3,6H2,1-2H3. The molecule has 0 aliphatic rings. The van der Waals surface area contributed by atoms with Crippen molar-refractivity contribution < 1.29 is 14.4 Å². The highest BCUT2D eigenvalue weighted by Crippen LogP contribution is 2.35. The molecule has 5 nitrogen and oxygen atoms in total.